The van der Waals surface area contributed by atoms with Crippen LogP contribution in [0, 0.1) is 5.92 Å². The van der Waals surface area contributed by atoms with Gasteiger partial charge in [0.1, 0.15) is 23.7 Å². The molecule has 11 rings (SSSR count). The van der Waals surface area contributed by atoms with Gasteiger partial charge in [0.15, 0.2) is 5.78 Å². The predicted octanol–water partition coefficient (Wildman–Crippen LogP) is 8.71. The van der Waals surface area contributed by atoms with E-state index in [1.165, 1.54) is 12.7 Å². The van der Waals surface area contributed by atoms with Gasteiger partial charge in [-0.05, 0) is 95.2 Å². The molecule has 3 fully saturated rings. The molecule has 7 aromatic rings. The number of nitrogens with zero attached hydrogens (tertiary/aromatic N) is 5. The van der Waals surface area contributed by atoms with Crippen molar-refractivity contribution in [3.8, 4) is 33.6 Å². The van der Waals surface area contributed by atoms with E-state index in [0.29, 0.717) is 62.8 Å². The number of methoxy groups -OCH3 is 1. The summed E-state index contributed by atoms with van der Waals surface area (Å²) in [5.74, 6) is 0.505. The van der Waals surface area contributed by atoms with Crippen LogP contribution in [0.3, 0.4) is 0 Å². The van der Waals surface area contributed by atoms with E-state index >= 15 is 0 Å². The molecule has 2 aromatic heterocycles. The van der Waals surface area contributed by atoms with Crippen LogP contribution >= 0.6 is 0 Å². The molecule has 16 heteroatoms. The number of carbonyl (C=O) groups is 5. The van der Waals surface area contributed by atoms with E-state index in [1.807, 2.05) is 66.2 Å². The number of fused-ring (bicyclic) bond motifs is 4. The Kier molecular flexibility index (Phi) is 14.8. The lowest BCUT2D eigenvalue weighted by molar-refractivity contribution is -0.138. The number of aromatic amines is 2. The maximum Gasteiger partial charge on any atom is 0.407 e. The van der Waals surface area contributed by atoms with Crippen molar-refractivity contribution in [2.45, 2.75) is 83.0 Å². The van der Waals surface area contributed by atoms with E-state index in [0.717, 1.165) is 93.6 Å². The summed E-state index contributed by atoms with van der Waals surface area (Å²) in [4.78, 5) is 91.5. The fourth-order valence-corrected chi connectivity index (χ4v) is 11.7. The standard InChI is InChI=1S/C61H65N9O7/c1-37(2)54(67-61(75)76-3)59(73)70-26-10-16-51(70)58-63-48-24-22-43-33-42(21-23-45(43)55(48)66-58)39-17-18-41-34-44(20-19-40(41)32-39)49-35-62-57(64-49)50-15-9-25-69(50)60(74)56(65-53(72)36-68-27-29-77-30-28-68)47-14-8-7-13-46(47)52(71)31-38-11-5-4-6-12-38/h4-8,11-14,17-21,23,32-35,37,50-51,54,56H,9-10,15-16,22,24-31,36H2,1-3H3,(H,62,64)(H,63,66)(H,65,72)(H,67,75). The molecule has 3 saturated heterocycles. The van der Waals surface area contributed by atoms with Crippen LogP contribution in [-0.2, 0) is 43.1 Å². The number of nitrogens with one attached hydrogen (secondary N) is 4. The normalized spacial score (nSPS) is 18.2. The zero-order valence-electron chi connectivity index (χ0n) is 43.8. The van der Waals surface area contributed by atoms with Gasteiger partial charge in [0.05, 0.1) is 56.5 Å². The first-order chi connectivity index (χ1) is 37.5. The summed E-state index contributed by atoms with van der Waals surface area (Å²) < 4.78 is 10.3. The van der Waals surface area contributed by atoms with Gasteiger partial charge in [0, 0.05) is 55.0 Å². The van der Waals surface area contributed by atoms with Gasteiger partial charge in [-0.15, -0.1) is 0 Å². The second kappa shape index (κ2) is 22.3. The van der Waals surface area contributed by atoms with Crippen molar-refractivity contribution in [3.05, 3.63) is 155 Å². The summed E-state index contributed by atoms with van der Waals surface area (Å²) in [6, 6.07) is 33.8. The molecule has 5 heterocycles. The van der Waals surface area contributed by atoms with Gasteiger partial charge in [-0.1, -0.05) is 111 Å². The van der Waals surface area contributed by atoms with Crippen molar-refractivity contribution < 1.29 is 33.4 Å². The largest absolute Gasteiger partial charge is 0.453 e. The van der Waals surface area contributed by atoms with Crippen LogP contribution in [0.15, 0.2) is 115 Å². The summed E-state index contributed by atoms with van der Waals surface area (Å²) >= 11 is 0. The van der Waals surface area contributed by atoms with Crippen LogP contribution in [0.1, 0.15) is 102 Å². The van der Waals surface area contributed by atoms with E-state index in [9.17, 15) is 24.0 Å². The first kappa shape index (κ1) is 51.2. The molecule has 1 aliphatic carbocycles. The third kappa shape index (κ3) is 10.8. The van der Waals surface area contributed by atoms with E-state index in [4.69, 9.17) is 19.4 Å². The van der Waals surface area contributed by atoms with E-state index in [1.54, 1.807) is 23.1 Å². The number of H-pyrrole nitrogens is 2. The molecule has 0 saturated carbocycles. The minimum Gasteiger partial charge on any atom is -0.453 e. The number of imidazole rings is 2. The zero-order valence-corrected chi connectivity index (χ0v) is 43.8. The van der Waals surface area contributed by atoms with Crippen LogP contribution in [0.4, 0.5) is 4.79 Å². The number of Topliss-reactive ketones (excluding diaryl/α,β-unsaturated/α-hetero) is 1. The number of aryl methyl sites for hydroxylation is 2. The van der Waals surface area contributed by atoms with Gasteiger partial charge in [-0.25, -0.2) is 14.8 Å². The van der Waals surface area contributed by atoms with Crippen molar-refractivity contribution in [2.24, 2.45) is 5.92 Å². The second-order valence-corrected chi connectivity index (χ2v) is 21.1. The van der Waals surface area contributed by atoms with Gasteiger partial charge in [-0.2, -0.15) is 0 Å². The molecule has 16 nitrogen and oxygen atoms in total. The molecule has 4 unspecified atom stereocenters. The average molecular weight is 1040 g/mol. The van der Waals surface area contributed by atoms with Gasteiger partial charge in [-0.3, -0.25) is 24.1 Å². The second-order valence-electron chi connectivity index (χ2n) is 21.1. The summed E-state index contributed by atoms with van der Waals surface area (Å²) in [7, 11) is 1.30. The van der Waals surface area contributed by atoms with Crippen molar-refractivity contribution in [1.82, 2.24) is 45.3 Å². The Bertz CT molecular complexity index is 3340. The van der Waals surface area contributed by atoms with Crippen molar-refractivity contribution in [3.63, 3.8) is 0 Å². The number of benzene rings is 5. The molecule has 396 valence electrons. The molecule has 0 radical (unpaired) electrons. The molecule has 5 aromatic carbocycles. The molecular weight excluding hydrogens is 971 g/mol. The third-order valence-corrected chi connectivity index (χ3v) is 15.8. The molecule has 3 aliphatic heterocycles. The van der Waals surface area contributed by atoms with Crippen molar-refractivity contribution in [1.29, 1.82) is 0 Å². The minimum atomic E-state index is -1.09. The molecule has 0 spiro atoms. The number of morpholine rings is 1. The van der Waals surface area contributed by atoms with Gasteiger partial charge >= 0.3 is 6.09 Å². The highest BCUT2D eigenvalue weighted by atomic mass is 16.5. The quantitative estimate of drug-likeness (QED) is 0.0722. The number of carbonyl (C=O) groups excluding carboxylic acids is 5. The highest BCUT2D eigenvalue weighted by molar-refractivity contribution is 6.01. The lowest BCUT2D eigenvalue weighted by atomic mass is 9.89. The highest BCUT2D eigenvalue weighted by Gasteiger charge is 2.40. The van der Waals surface area contributed by atoms with Crippen molar-refractivity contribution in [2.75, 3.05) is 53.0 Å². The molecule has 0 bridgehead atoms. The van der Waals surface area contributed by atoms with Gasteiger partial charge in [0.25, 0.3) is 0 Å². The molecule has 77 heavy (non-hydrogen) atoms. The Morgan fingerprint density at radius 3 is 2.16 bits per heavy atom. The van der Waals surface area contributed by atoms with Crippen LogP contribution < -0.4 is 10.6 Å². The summed E-state index contributed by atoms with van der Waals surface area (Å²) in [6.45, 7) is 7.33. The van der Waals surface area contributed by atoms with E-state index < -0.39 is 18.2 Å². The Hall–Kier alpha value is -7.95. The Morgan fingerprint density at radius 2 is 1.40 bits per heavy atom. The van der Waals surface area contributed by atoms with Gasteiger partial charge < -0.3 is 39.9 Å². The van der Waals surface area contributed by atoms with Crippen LogP contribution in [0.2, 0.25) is 0 Å². The third-order valence-electron chi connectivity index (χ3n) is 15.8. The Morgan fingerprint density at radius 1 is 0.727 bits per heavy atom. The summed E-state index contributed by atoms with van der Waals surface area (Å²) in [5, 5.41) is 7.98. The zero-order chi connectivity index (χ0) is 53.2. The Labute approximate surface area is 448 Å². The van der Waals surface area contributed by atoms with E-state index in [2.05, 4.69) is 75.2 Å². The molecular formula is C61H65N9O7. The fraction of sp³-hybridized carbons (Fsp3) is 0.361. The van der Waals surface area contributed by atoms with Crippen LogP contribution in [-0.4, -0.2) is 123 Å². The number of alkyl carbamates (subject to hydrolysis) is 1. The number of aromatic nitrogens is 4. The predicted molar refractivity (Wildman–Crippen MR) is 293 cm³/mol. The molecule has 4 atom stereocenters. The lowest BCUT2D eigenvalue weighted by Gasteiger charge is -2.31. The van der Waals surface area contributed by atoms with E-state index in [-0.39, 0.29) is 54.5 Å². The lowest BCUT2D eigenvalue weighted by Crippen LogP contribution is -2.51. The molecule has 4 amide bonds. The number of hydrogen-bond acceptors (Lipinski definition) is 10. The van der Waals surface area contributed by atoms with Crippen molar-refractivity contribution >= 4 is 40.4 Å². The molecule has 4 N–H and O–H groups in total. The van der Waals surface area contributed by atoms with Crippen LogP contribution in [0.5, 0.6) is 0 Å². The number of rotatable bonds is 15. The minimum absolute atomic E-state index is 0.113. The highest BCUT2D eigenvalue weighted by Crippen LogP contribution is 2.40. The topological polar surface area (TPSA) is 195 Å². The number of amides is 4. The maximum absolute atomic E-state index is 15.0. The van der Waals surface area contributed by atoms with Gasteiger partial charge in [0.2, 0.25) is 17.7 Å². The summed E-state index contributed by atoms with van der Waals surface area (Å²) in [6.07, 6.45) is 6.12. The number of likely N-dealkylation sites (tertiary alicyclic amines) is 2. The number of hydrogen-bond donors (Lipinski definition) is 4. The molecule has 4 aliphatic rings. The maximum atomic E-state index is 15.0. The summed E-state index contributed by atoms with van der Waals surface area (Å²) in [5.41, 5.74) is 10.1. The Balaban J connectivity index is 0.797. The first-order valence-electron chi connectivity index (χ1n) is 27.0. The smallest absolute Gasteiger partial charge is 0.407 e. The number of ether oxygens (including phenoxy) is 2. The SMILES string of the molecule is COC(=O)NC(C(=O)N1CCCC1c1nc2c([nH]1)CCc1cc(-c3ccc4cc(-c5cnc(C6CCCN6C(=O)C(NC(=O)CN6CCOCC6)c6ccccc6C(=O)Cc6ccccc6)[nH]5)ccc4c3)ccc1-2)C(C)C. The first-order valence-corrected chi connectivity index (χ1v) is 27.0. The van der Waals surface area contributed by atoms with Crippen LogP contribution in [0.25, 0.3) is 44.4 Å². The number of ketones is 1. The fourth-order valence-electron chi connectivity index (χ4n) is 11.7. The average Bonchev–Trinajstić information content (AvgIpc) is 4.33. The monoisotopic (exact) mass is 1040 g/mol.